The minimum Gasteiger partial charge on any atom is -0.368 e. The molecule has 0 aromatic heterocycles. The second kappa shape index (κ2) is 9.65. The first kappa shape index (κ1) is 24.0. The molecule has 2 aromatic carbocycles. The number of piperidine rings is 1. The number of rotatable bonds is 4. The maximum absolute atomic E-state index is 13.5. The number of halogens is 1. The molecule has 8 heteroatoms. The summed E-state index contributed by atoms with van der Waals surface area (Å²) in [5, 5.41) is 0.702. The molecule has 1 atom stereocenters. The normalized spacial score (nSPS) is 20.2. The lowest BCUT2D eigenvalue weighted by Gasteiger charge is -2.39. The molecule has 2 aromatic rings. The van der Waals surface area contributed by atoms with Gasteiger partial charge in [-0.1, -0.05) is 35.4 Å². The predicted octanol–water partition coefficient (Wildman–Crippen LogP) is 4.01. The van der Waals surface area contributed by atoms with E-state index in [2.05, 4.69) is 4.90 Å². The van der Waals surface area contributed by atoms with Crippen molar-refractivity contribution in [1.82, 2.24) is 9.21 Å². The van der Waals surface area contributed by atoms with Crippen LogP contribution in [0.2, 0.25) is 5.02 Å². The lowest BCUT2D eigenvalue weighted by molar-refractivity contribution is -0.137. The van der Waals surface area contributed by atoms with E-state index >= 15 is 0 Å². The van der Waals surface area contributed by atoms with Crippen LogP contribution in [0.4, 0.5) is 5.69 Å². The van der Waals surface area contributed by atoms with Crippen LogP contribution in [-0.4, -0.2) is 62.8 Å². The molecule has 2 aliphatic heterocycles. The molecule has 0 aliphatic carbocycles. The van der Waals surface area contributed by atoms with Gasteiger partial charge in [-0.3, -0.25) is 4.79 Å². The molecule has 4 rings (SSSR count). The summed E-state index contributed by atoms with van der Waals surface area (Å²) in [4.78, 5) is 17.8. The predicted molar refractivity (Wildman–Crippen MR) is 132 cm³/mol. The van der Waals surface area contributed by atoms with Crippen molar-refractivity contribution in [1.29, 1.82) is 0 Å². The van der Waals surface area contributed by atoms with Crippen LogP contribution in [0.25, 0.3) is 0 Å². The average Bonchev–Trinajstić information content (AvgIpc) is 2.78. The molecular weight excluding hydrogens is 458 g/mol. The number of aryl methyl sites for hydroxylation is 3. The molecule has 6 nitrogen and oxygen atoms in total. The van der Waals surface area contributed by atoms with E-state index in [1.165, 1.54) is 4.31 Å². The van der Waals surface area contributed by atoms with Gasteiger partial charge in [-0.15, -0.1) is 0 Å². The number of carbonyl (C=O) groups is 1. The van der Waals surface area contributed by atoms with Crippen molar-refractivity contribution >= 4 is 33.2 Å². The zero-order valence-corrected chi connectivity index (χ0v) is 21.1. The van der Waals surface area contributed by atoms with Crippen LogP contribution in [0.15, 0.2) is 41.3 Å². The molecule has 0 radical (unpaired) electrons. The van der Waals surface area contributed by atoms with E-state index in [4.69, 9.17) is 11.6 Å². The molecule has 0 N–H and O–H groups in total. The van der Waals surface area contributed by atoms with Gasteiger partial charge in [0.2, 0.25) is 15.9 Å². The lowest BCUT2D eigenvalue weighted by Crippen LogP contribution is -2.53. The molecule has 0 bridgehead atoms. The number of anilines is 1. The Hall–Kier alpha value is -2.09. The Balaban J connectivity index is 1.43. The van der Waals surface area contributed by atoms with Gasteiger partial charge in [-0.25, -0.2) is 8.42 Å². The van der Waals surface area contributed by atoms with Crippen LogP contribution in [0.5, 0.6) is 0 Å². The Morgan fingerprint density at radius 1 is 0.970 bits per heavy atom. The van der Waals surface area contributed by atoms with Crippen LogP contribution >= 0.6 is 11.6 Å². The highest BCUT2D eigenvalue weighted by Gasteiger charge is 2.37. The van der Waals surface area contributed by atoms with Gasteiger partial charge in [0, 0.05) is 50.0 Å². The molecule has 1 amide bonds. The smallest absolute Gasteiger partial charge is 0.243 e. The Labute approximate surface area is 202 Å². The Morgan fingerprint density at radius 2 is 1.64 bits per heavy atom. The first-order valence-electron chi connectivity index (χ1n) is 11.5. The Morgan fingerprint density at radius 3 is 2.27 bits per heavy atom. The molecule has 33 heavy (non-hydrogen) atoms. The number of carbonyl (C=O) groups excluding carboxylic acids is 1. The number of benzene rings is 2. The van der Waals surface area contributed by atoms with E-state index in [9.17, 15) is 13.2 Å². The van der Waals surface area contributed by atoms with Gasteiger partial charge >= 0.3 is 0 Å². The van der Waals surface area contributed by atoms with Gasteiger partial charge in [0.05, 0.1) is 10.8 Å². The Bertz CT molecular complexity index is 1120. The zero-order valence-electron chi connectivity index (χ0n) is 19.6. The Kier molecular flexibility index (Phi) is 7.03. The van der Waals surface area contributed by atoms with E-state index in [1.807, 2.05) is 62.1 Å². The number of hydrogen-bond donors (Lipinski definition) is 0. The maximum atomic E-state index is 13.5. The van der Waals surface area contributed by atoms with Crippen molar-refractivity contribution in [3.05, 3.63) is 58.1 Å². The summed E-state index contributed by atoms with van der Waals surface area (Å²) in [6, 6.07) is 11.6. The van der Waals surface area contributed by atoms with E-state index in [1.54, 1.807) is 0 Å². The zero-order chi connectivity index (χ0) is 23.8. The van der Waals surface area contributed by atoms with Gasteiger partial charge in [0.25, 0.3) is 0 Å². The number of piperazine rings is 1. The molecule has 0 saturated carbocycles. The summed E-state index contributed by atoms with van der Waals surface area (Å²) in [6.45, 7) is 9.11. The average molecular weight is 490 g/mol. The highest BCUT2D eigenvalue weighted by Crippen LogP contribution is 2.30. The van der Waals surface area contributed by atoms with Gasteiger partial charge < -0.3 is 9.80 Å². The first-order chi connectivity index (χ1) is 15.7. The van der Waals surface area contributed by atoms with Crippen molar-refractivity contribution in [2.24, 2.45) is 5.92 Å². The first-order valence-corrected chi connectivity index (χ1v) is 13.4. The van der Waals surface area contributed by atoms with Crippen molar-refractivity contribution in [3.8, 4) is 0 Å². The van der Waals surface area contributed by atoms with Crippen molar-refractivity contribution in [3.63, 3.8) is 0 Å². The van der Waals surface area contributed by atoms with Crippen LogP contribution < -0.4 is 4.90 Å². The molecule has 0 unspecified atom stereocenters. The third kappa shape index (κ3) is 5.05. The summed E-state index contributed by atoms with van der Waals surface area (Å²) in [7, 11) is -3.64. The topological polar surface area (TPSA) is 60.9 Å². The molecule has 2 aliphatic rings. The summed E-state index contributed by atoms with van der Waals surface area (Å²) < 4.78 is 28.5. The van der Waals surface area contributed by atoms with Gasteiger partial charge in [-0.05, 0) is 62.9 Å². The number of sulfonamides is 1. The minimum absolute atomic E-state index is 0.0676. The lowest BCUT2D eigenvalue weighted by atomic mass is 9.97. The van der Waals surface area contributed by atoms with Crippen LogP contribution in [0.1, 0.15) is 29.5 Å². The fourth-order valence-corrected chi connectivity index (χ4v) is 7.30. The quantitative estimate of drug-likeness (QED) is 0.651. The third-order valence-corrected chi connectivity index (χ3v) is 9.11. The van der Waals surface area contributed by atoms with E-state index < -0.39 is 10.0 Å². The summed E-state index contributed by atoms with van der Waals surface area (Å²) >= 11 is 6.12. The van der Waals surface area contributed by atoms with E-state index in [0.29, 0.717) is 36.0 Å². The third-order valence-electron chi connectivity index (χ3n) is 6.70. The molecule has 2 heterocycles. The highest BCUT2D eigenvalue weighted by atomic mass is 35.5. The van der Waals surface area contributed by atoms with Crippen LogP contribution in [-0.2, 0) is 14.8 Å². The highest BCUT2D eigenvalue weighted by molar-refractivity contribution is 7.89. The summed E-state index contributed by atoms with van der Waals surface area (Å²) in [5.41, 5.74) is 3.64. The van der Waals surface area contributed by atoms with Crippen LogP contribution in [0, 0.1) is 26.7 Å². The van der Waals surface area contributed by atoms with Gasteiger partial charge in [0.1, 0.15) is 0 Å². The number of nitrogens with zero attached hydrogens (tertiary/aromatic N) is 3. The SMILES string of the molecule is Cc1cc(C)c(S(=O)(=O)N2CCC[C@@H](C(=O)N3CCN(c4cccc(Cl)c4)CC3)C2)c(C)c1. The van der Waals surface area contributed by atoms with Gasteiger partial charge in [0.15, 0.2) is 0 Å². The molecule has 2 fully saturated rings. The maximum Gasteiger partial charge on any atom is 0.243 e. The molecule has 0 spiro atoms. The van der Waals surface area contributed by atoms with Crippen molar-refractivity contribution in [2.75, 3.05) is 44.2 Å². The monoisotopic (exact) mass is 489 g/mol. The summed E-state index contributed by atoms with van der Waals surface area (Å²) in [5.74, 6) is -0.227. The minimum atomic E-state index is -3.64. The van der Waals surface area contributed by atoms with E-state index in [-0.39, 0.29) is 18.4 Å². The molecule has 2 saturated heterocycles. The second-order valence-corrected chi connectivity index (χ2v) is 11.5. The van der Waals surface area contributed by atoms with Gasteiger partial charge in [-0.2, -0.15) is 4.31 Å². The number of hydrogen-bond acceptors (Lipinski definition) is 4. The number of amides is 1. The van der Waals surface area contributed by atoms with Crippen LogP contribution in [0.3, 0.4) is 0 Å². The molecular formula is C25H32ClN3O3S. The summed E-state index contributed by atoms with van der Waals surface area (Å²) in [6.07, 6.45) is 1.42. The van der Waals surface area contributed by atoms with Crippen molar-refractivity contribution < 1.29 is 13.2 Å². The fraction of sp³-hybridized carbons (Fsp3) is 0.480. The second-order valence-electron chi connectivity index (χ2n) is 9.22. The fourth-order valence-electron chi connectivity index (χ4n) is 5.18. The van der Waals surface area contributed by atoms with E-state index in [0.717, 1.165) is 41.9 Å². The molecule has 178 valence electrons. The standard InChI is InChI=1S/C25H32ClN3O3S/c1-18-14-19(2)24(20(3)15-18)33(31,32)29-9-5-6-21(17-29)25(30)28-12-10-27(11-13-28)23-8-4-7-22(26)16-23/h4,7-8,14-16,21H,5-6,9-13,17H2,1-3H3/t21-/m1/s1. The largest absolute Gasteiger partial charge is 0.368 e. The van der Waals surface area contributed by atoms with Crippen molar-refractivity contribution in [2.45, 2.75) is 38.5 Å².